The first-order valence-corrected chi connectivity index (χ1v) is 11.3. The molecule has 0 heterocycles. The molecule has 6 nitrogen and oxygen atoms in total. The van der Waals surface area contributed by atoms with E-state index in [1.54, 1.807) is 27.7 Å². The summed E-state index contributed by atoms with van der Waals surface area (Å²) in [7, 11) is 0. The van der Waals surface area contributed by atoms with Gasteiger partial charge in [0, 0.05) is 0 Å². The van der Waals surface area contributed by atoms with Crippen LogP contribution in [-0.2, 0) is 35.0 Å². The van der Waals surface area contributed by atoms with Gasteiger partial charge in [-0.25, -0.2) is 0 Å². The van der Waals surface area contributed by atoms with E-state index in [1.165, 1.54) is 0 Å². The average molecular weight is 451 g/mol. The van der Waals surface area contributed by atoms with Gasteiger partial charge in [-0.3, -0.25) is 14.4 Å². The normalized spacial score (nSPS) is 13.6. The summed E-state index contributed by atoms with van der Waals surface area (Å²) in [6.07, 6.45) is -0.0114. The topological polar surface area (TPSA) is 78.9 Å². The van der Waals surface area contributed by atoms with E-state index in [1.807, 2.05) is 54.6 Å². The highest BCUT2D eigenvalue weighted by molar-refractivity contribution is 6.02. The van der Waals surface area contributed by atoms with Gasteiger partial charge in [0.25, 0.3) is 0 Å². The average Bonchev–Trinajstić information content (AvgIpc) is 3.16. The summed E-state index contributed by atoms with van der Waals surface area (Å²) in [6.45, 7) is 6.92. The molecule has 0 fully saturated rings. The van der Waals surface area contributed by atoms with E-state index in [9.17, 15) is 14.4 Å². The molecule has 6 heteroatoms. The molecule has 0 N–H and O–H groups in total. The van der Waals surface area contributed by atoms with E-state index in [4.69, 9.17) is 14.2 Å². The number of rotatable bonds is 9. The van der Waals surface area contributed by atoms with Crippen molar-refractivity contribution >= 4 is 23.5 Å². The summed E-state index contributed by atoms with van der Waals surface area (Å²) >= 11 is 0. The lowest BCUT2D eigenvalue weighted by Crippen LogP contribution is -2.41. The van der Waals surface area contributed by atoms with Crippen molar-refractivity contribution in [2.75, 3.05) is 13.2 Å². The van der Waals surface area contributed by atoms with Gasteiger partial charge in [0.2, 0.25) is 0 Å². The zero-order valence-corrected chi connectivity index (χ0v) is 19.5. The molecule has 0 radical (unpaired) electrons. The zero-order valence-electron chi connectivity index (χ0n) is 19.5. The van der Waals surface area contributed by atoms with Crippen LogP contribution in [0.15, 0.2) is 60.2 Å². The van der Waals surface area contributed by atoms with Crippen molar-refractivity contribution in [1.29, 1.82) is 0 Å². The van der Waals surface area contributed by atoms with Crippen LogP contribution in [0.4, 0.5) is 0 Å². The van der Waals surface area contributed by atoms with Crippen molar-refractivity contribution in [2.45, 2.75) is 40.2 Å². The molecule has 2 aromatic rings. The lowest BCUT2D eigenvalue weighted by Gasteiger charge is -2.26. The molecule has 0 spiro atoms. The minimum atomic E-state index is -1.46. The number of hydrogen-bond donors (Lipinski definition) is 0. The highest BCUT2D eigenvalue weighted by Crippen LogP contribution is 2.43. The van der Waals surface area contributed by atoms with E-state index in [2.05, 4.69) is 0 Å². The third-order valence-electron chi connectivity index (χ3n) is 5.45. The lowest BCUT2D eigenvalue weighted by atomic mass is 9.81. The maximum Gasteiger partial charge on any atom is 0.321 e. The fraction of sp³-hybridized carbons (Fsp3) is 0.370. The van der Waals surface area contributed by atoms with Gasteiger partial charge in [-0.05, 0) is 62.0 Å². The lowest BCUT2D eigenvalue weighted by molar-refractivity contribution is -0.171. The van der Waals surface area contributed by atoms with Gasteiger partial charge in [0.15, 0.2) is 5.92 Å². The highest BCUT2D eigenvalue weighted by Gasteiger charge is 2.47. The number of esters is 3. The second-order valence-corrected chi connectivity index (χ2v) is 8.05. The Labute approximate surface area is 194 Å². The Morgan fingerprint density at radius 3 is 1.97 bits per heavy atom. The van der Waals surface area contributed by atoms with E-state index in [-0.39, 0.29) is 13.2 Å². The largest absolute Gasteiger partial charge is 0.465 e. The van der Waals surface area contributed by atoms with E-state index >= 15 is 0 Å². The van der Waals surface area contributed by atoms with E-state index in [0.717, 1.165) is 22.3 Å². The fourth-order valence-corrected chi connectivity index (χ4v) is 4.21. The quantitative estimate of drug-likeness (QED) is 0.321. The van der Waals surface area contributed by atoms with Crippen LogP contribution in [0.3, 0.4) is 0 Å². The molecule has 33 heavy (non-hydrogen) atoms. The first-order valence-electron chi connectivity index (χ1n) is 11.3. The van der Waals surface area contributed by atoms with Gasteiger partial charge in [0.05, 0.1) is 19.3 Å². The second-order valence-electron chi connectivity index (χ2n) is 8.05. The molecule has 1 aliphatic rings. The van der Waals surface area contributed by atoms with Crippen LogP contribution in [0.1, 0.15) is 44.4 Å². The molecule has 1 atom stereocenters. The van der Waals surface area contributed by atoms with Crippen LogP contribution in [0.5, 0.6) is 0 Å². The summed E-state index contributed by atoms with van der Waals surface area (Å²) in [4.78, 5) is 39.5. The van der Waals surface area contributed by atoms with Gasteiger partial charge in [-0.15, -0.1) is 0 Å². The highest BCUT2D eigenvalue weighted by atomic mass is 16.6. The van der Waals surface area contributed by atoms with E-state index < -0.39 is 35.8 Å². The van der Waals surface area contributed by atoms with Crippen molar-refractivity contribution in [2.24, 2.45) is 11.8 Å². The maximum atomic E-state index is 13.5. The van der Waals surface area contributed by atoms with Crippen molar-refractivity contribution in [3.05, 3.63) is 76.9 Å². The molecule has 0 aromatic heterocycles. The van der Waals surface area contributed by atoms with Crippen molar-refractivity contribution in [1.82, 2.24) is 0 Å². The predicted octanol–water partition coefficient (Wildman–Crippen LogP) is 4.35. The molecule has 1 unspecified atom stereocenters. The number of carbonyl (C=O) groups is 3. The minimum absolute atomic E-state index is 0.0749. The fourth-order valence-electron chi connectivity index (χ4n) is 4.21. The smallest absolute Gasteiger partial charge is 0.321 e. The van der Waals surface area contributed by atoms with Crippen molar-refractivity contribution < 1.29 is 28.6 Å². The predicted molar refractivity (Wildman–Crippen MR) is 124 cm³/mol. The Balaban J connectivity index is 2.24. The molecule has 174 valence electrons. The first-order chi connectivity index (χ1) is 15.9. The van der Waals surface area contributed by atoms with Crippen molar-refractivity contribution in [3.63, 3.8) is 0 Å². The van der Waals surface area contributed by atoms with Gasteiger partial charge < -0.3 is 14.2 Å². The third-order valence-corrected chi connectivity index (χ3v) is 5.45. The number of ether oxygens (including phenoxy) is 3. The van der Waals surface area contributed by atoms with Crippen LogP contribution >= 0.6 is 0 Å². The Hall–Kier alpha value is -3.41. The summed E-state index contributed by atoms with van der Waals surface area (Å²) in [6, 6.07) is 17.5. The summed E-state index contributed by atoms with van der Waals surface area (Å²) in [5.41, 5.74) is 4.36. The molecular formula is C27H30O6. The summed E-state index contributed by atoms with van der Waals surface area (Å²) in [5.74, 6) is -4.87. The van der Waals surface area contributed by atoms with E-state index in [0.29, 0.717) is 12.0 Å². The Morgan fingerprint density at radius 2 is 1.39 bits per heavy atom. The molecule has 0 amide bonds. The monoisotopic (exact) mass is 450 g/mol. The minimum Gasteiger partial charge on any atom is -0.465 e. The second kappa shape index (κ2) is 10.9. The molecular weight excluding hydrogens is 420 g/mol. The molecule has 0 saturated carbocycles. The molecule has 3 rings (SSSR count). The van der Waals surface area contributed by atoms with Gasteiger partial charge in [-0.2, -0.15) is 0 Å². The van der Waals surface area contributed by atoms with Crippen LogP contribution in [0.2, 0.25) is 0 Å². The van der Waals surface area contributed by atoms with Crippen LogP contribution in [0, 0.1) is 11.8 Å². The van der Waals surface area contributed by atoms with Gasteiger partial charge in [0.1, 0.15) is 5.92 Å². The van der Waals surface area contributed by atoms with Crippen LogP contribution in [0.25, 0.3) is 5.57 Å². The third kappa shape index (κ3) is 5.33. The molecule has 1 aliphatic carbocycles. The maximum absolute atomic E-state index is 13.5. The number of fused-ring (bicyclic) bond motifs is 1. The summed E-state index contributed by atoms with van der Waals surface area (Å²) < 4.78 is 16.0. The number of benzene rings is 2. The van der Waals surface area contributed by atoms with Crippen molar-refractivity contribution in [3.8, 4) is 0 Å². The Morgan fingerprint density at radius 1 is 0.818 bits per heavy atom. The molecule has 2 aromatic carbocycles. The molecule has 0 saturated heterocycles. The number of hydrogen-bond acceptors (Lipinski definition) is 6. The van der Waals surface area contributed by atoms with Gasteiger partial charge >= 0.3 is 17.9 Å². The SMILES string of the molecule is CCOC(=O)C(C(=O)OCC)C(C(=O)OC(C)C)C1=C(c2ccccc2)c2ccccc2C1. The van der Waals surface area contributed by atoms with Crippen LogP contribution in [-0.4, -0.2) is 37.2 Å². The Bertz CT molecular complexity index is 1020. The Kier molecular flexibility index (Phi) is 8.04. The molecule has 0 aliphatic heterocycles. The van der Waals surface area contributed by atoms with Gasteiger partial charge in [-0.1, -0.05) is 54.6 Å². The number of carbonyl (C=O) groups excluding carboxylic acids is 3. The standard InChI is InChI=1S/C27H30O6/c1-5-31-25(28)24(26(29)32-6-2)23(27(30)33-17(3)4)21-16-19-14-10-11-15-20(19)22(21)18-12-8-7-9-13-18/h7-15,17,23-24H,5-6,16H2,1-4H3. The summed E-state index contributed by atoms with van der Waals surface area (Å²) in [5, 5.41) is 0. The molecule has 0 bridgehead atoms. The van der Waals surface area contributed by atoms with Crippen LogP contribution < -0.4 is 0 Å². The first kappa shape index (κ1) is 24.2. The zero-order chi connectivity index (χ0) is 24.0.